The van der Waals surface area contributed by atoms with Crippen LogP contribution in [0.5, 0.6) is 0 Å². The number of nitrogens with zero attached hydrogens (tertiary/aromatic N) is 2. The summed E-state index contributed by atoms with van der Waals surface area (Å²) in [6.07, 6.45) is 3.05. The minimum Gasteiger partial charge on any atom is -0.355 e. The molecule has 0 atom stereocenters. The van der Waals surface area contributed by atoms with Crippen molar-refractivity contribution in [3.63, 3.8) is 0 Å². The second-order valence-electron chi connectivity index (χ2n) is 4.69. The van der Waals surface area contributed by atoms with Gasteiger partial charge in [0, 0.05) is 26.3 Å². The number of anilines is 1. The zero-order valence-corrected chi connectivity index (χ0v) is 12.4. The molecule has 0 aliphatic carbocycles. The fraction of sp³-hybridized carbons (Fsp3) is 0.400. The van der Waals surface area contributed by atoms with Crippen LogP contribution in [-0.2, 0) is 13.1 Å². The number of rotatable bonds is 7. The highest BCUT2D eigenvalue weighted by Crippen LogP contribution is 2.15. The summed E-state index contributed by atoms with van der Waals surface area (Å²) in [4.78, 5) is 6.64. The Kier molecular flexibility index (Phi) is 5.36. The van der Waals surface area contributed by atoms with Crippen molar-refractivity contribution in [2.24, 2.45) is 0 Å². The van der Waals surface area contributed by atoms with Gasteiger partial charge in [-0.3, -0.25) is 0 Å². The van der Waals surface area contributed by atoms with Crippen molar-refractivity contribution in [3.8, 4) is 0 Å². The Labute approximate surface area is 119 Å². The Hall–Kier alpha value is -1.39. The van der Waals surface area contributed by atoms with E-state index in [4.69, 9.17) is 0 Å². The lowest BCUT2D eigenvalue weighted by molar-refractivity contribution is 0.674. The van der Waals surface area contributed by atoms with Gasteiger partial charge < -0.3 is 10.2 Å². The highest BCUT2D eigenvalue weighted by molar-refractivity contribution is 7.07. The lowest BCUT2D eigenvalue weighted by Crippen LogP contribution is -2.18. The second-order valence-corrected chi connectivity index (χ2v) is 5.47. The maximum Gasteiger partial charge on any atom is 0.128 e. The van der Waals surface area contributed by atoms with E-state index in [2.05, 4.69) is 58.1 Å². The van der Waals surface area contributed by atoms with Crippen LogP contribution in [0.2, 0.25) is 0 Å². The van der Waals surface area contributed by atoms with Crippen LogP contribution in [0.25, 0.3) is 0 Å². The SMILES string of the molecule is CCCNCc1ccnc(N(C)Cc2ccsc2)c1. The molecule has 2 rings (SSSR count). The van der Waals surface area contributed by atoms with Gasteiger partial charge in [0.05, 0.1) is 0 Å². The predicted molar refractivity (Wildman–Crippen MR) is 82.7 cm³/mol. The predicted octanol–water partition coefficient (Wildman–Crippen LogP) is 3.28. The fourth-order valence-corrected chi connectivity index (χ4v) is 2.59. The van der Waals surface area contributed by atoms with E-state index in [-0.39, 0.29) is 0 Å². The van der Waals surface area contributed by atoms with Crippen LogP contribution in [0, 0.1) is 0 Å². The van der Waals surface area contributed by atoms with Gasteiger partial charge in [-0.05, 0) is 53.1 Å². The number of thiophene rings is 1. The summed E-state index contributed by atoms with van der Waals surface area (Å²) in [6.45, 7) is 5.06. The minimum absolute atomic E-state index is 0.905. The summed E-state index contributed by atoms with van der Waals surface area (Å²) < 4.78 is 0. The molecule has 3 nitrogen and oxygen atoms in total. The molecule has 2 aromatic rings. The summed E-state index contributed by atoms with van der Waals surface area (Å²) in [5, 5.41) is 7.71. The number of nitrogens with one attached hydrogen (secondary N) is 1. The molecule has 0 bridgehead atoms. The standard InChI is InChI=1S/C15H21N3S/c1-3-6-16-10-13-4-7-17-15(9-13)18(2)11-14-5-8-19-12-14/h4-5,7-9,12,16H,3,6,10-11H2,1-2H3. The highest BCUT2D eigenvalue weighted by Gasteiger charge is 2.04. The molecule has 0 amide bonds. The van der Waals surface area contributed by atoms with Crippen molar-refractivity contribution < 1.29 is 0 Å². The molecule has 2 heterocycles. The van der Waals surface area contributed by atoms with Crippen LogP contribution in [-0.4, -0.2) is 18.6 Å². The van der Waals surface area contributed by atoms with Gasteiger partial charge in [0.15, 0.2) is 0 Å². The van der Waals surface area contributed by atoms with E-state index in [1.165, 1.54) is 11.1 Å². The van der Waals surface area contributed by atoms with Gasteiger partial charge in [-0.2, -0.15) is 11.3 Å². The lowest BCUT2D eigenvalue weighted by atomic mass is 10.2. The van der Waals surface area contributed by atoms with Crippen molar-refractivity contribution in [1.82, 2.24) is 10.3 Å². The topological polar surface area (TPSA) is 28.2 Å². The number of hydrogen-bond acceptors (Lipinski definition) is 4. The van der Waals surface area contributed by atoms with E-state index in [1.54, 1.807) is 11.3 Å². The van der Waals surface area contributed by atoms with Gasteiger partial charge in [-0.15, -0.1) is 0 Å². The first-order valence-electron chi connectivity index (χ1n) is 6.67. The average Bonchev–Trinajstić information content (AvgIpc) is 2.92. The van der Waals surface area contributed by atoms with Crippen LogP contribution in [0.15, 0.2) is 35.2 Å². The van der Waals surface area contributed by atoms with Crippen LogP contribution >= 0.6 is 11.3 Å². The molecule has 2 aromatic heterocycles. The summed E-state index contributed by atoms with van der Waals surface area (Å²) in [6, 6.07) is 6.40. The molecule has 0 aromatic carbocycles. The van der Waals surface area contributed by atoms with Crippen LogP contribution < -0.4 is 10.2 Å². The zero-order chi connectivity index (χ0) is 13.5. The molecular weight excluding hydrogens is 254 g/mol. The summed E-state index contributed by atoms with van der Waals surface area (Å²) in [7, 11) is 2.09. The first kappa shape index (κ1) is 14.0. The minimum atomic E-state index is 0.905. The van der Waals surface area contributed by atoms with Gasteiger partial charge in [0.1, 0.15) is 5.82 Å². The van der Waals surface area contributed by atoms with Crippen LogP contribution in [0.4, 0.5) is 5.82 Å². The molecule has 0 aliphatic rings. The molecule has 0 saturated heterocycles. The van der Waals surface area contributed by atoms with Crippen LogP contribution in [0.1, 0.15) is 24.5 Å². The molecule has 0 spiro atoms. The van der Waals surface area contributed by atoms with Gasteiger partial charge in [0.25, 0.3) is 0 Å². The smallest absolute Gasteiger partial charge is 0.128 e. The first-order chi connectivity index (χ1) is 9.29. The largest absolute Gasteiger partial charge is 0.355 e. The van der Waals surface area contributed by atoms with Crippen molar-refractivity contribution in [1.29, 1.82) is 0 Å². The molecule has 0 radical (unpaired) electrons. The zero-order valence-electron chi connectivity index (χ0n) is 11.6. The van der Waals surface area contributed by atoms with E-state index in [0.29, 0.717) is 0 Å². The molecule has 0 aliphatic heterocycles. The van der Waals surface area contributed by atoms with E-state index in [0.717, 1.165) is 31.9 Å². The summed E-state index contributed by atoms with van der Waals surface area (Å²) >= 11 is 1.74. The molecule has 0 saturated carbocycles. The first-order valence-corrected chi connectivity index (χ1v) is 7.61. The Morgan fingerprint density at radius 2 is 2.21 bits per heavy atom. The maximum atomic E-state index is 4.45. The molecule has 102 valence electrons. The number of pyridine rings is 1. The van der Waals surface area contributed by atoms with E-state index >= 15 is 0 Å². The Balaban J connectivity index is 1.97. The molecular formula is C15H21N3S. The van der Waals surface area contributed by atoms with Crippen molar-refractivity contribution in [2.75, 3.05) is 18.5 Å². The Morgan fingerprint density at radius 3 is 2.95 bits per heavy atom. The number of aromatic nitrogens is 1. The second kappa shape index (κ2) is 7.26. The Bertz CT molecular complexity index is 482. The highest BCUT2D eigenvalue weighted by atomic mass is 32.1. The average molecular weight is 275 g/mol. The third-order valence-electron chi connectivity index (χ3n) is 2.96. The quantitative estimate of drug-likeness (QED) is 0.786. The van der Waals surface area contributed by atoms with Crippen LogP contribution in [0.3, 0.4) is 0 Å². The lowest BCUT2D eigenvalue weighted by Gasteiger charge is -2.18. The number of hydrogen-bond donors (Lipinski definition) is 1. The normalized spacial score (nSPS) is 10.6. The summed E-state index contributed by atoms with van der Waals surface area (Å²) in [5.74, 6) is 1.03. The van der Waals surface area contributed by atoms with Gasteiger partial charge in [0.2, 0.25) is 0 Å². The van der Waals surface area contributed by atoms with E-state index < -0.39 is 0 Å². The molecule has 0 fully saturated rings. The maximum absolute atomic E-state index is 4.45. The van der Waals surface area contributed by atoms with Gasteiger partial charge in [-0.25, -0.2) is 4.98 Å². The van der Waals surface area contributed by atoms with Crippen molar-refractivity contribution >= 4 is 17.2 Å². The van der Waals surface area contributed by atoms with Gasteiger partial charge >= 0.3 is 0 Å². The van der Waals surface area contributed by atoms with E-state index in [9.17, 15) is 0 Å². The molecule has 4 heteroatoms. The monoisotopic (exact) mass is 275 g/mol. The molecule has 1 N–H and O–H groups in total. The molecule has 0 unspecified atom stereocenters. The summed E-state index contributed by atoms with van der Waals surface area (Å²) in [5.41, 5.74) is 2.62. The third kappa shape index (κ3) is 4.33. The molecule has 19 heavy (non-hydrogen) atoms. The fourth-order valence-electron chi connectivity index (χ4n) is 1.93. The third-order valence-corrected chi connectivity index (χ3v) is 3.69. The van der Waals surface area contributed by atoms with Crippen molar-refractivity contribution in [3.05, 3.63) is 46.3 Å². The van der Waals surface area contributed by atoms with Crippen molar-refractivity contribution in [2.45, 2.75) is 26.4 Å². The Morgan fingerprint density at radius 1 is 1.32 bits per heavy atom. The van der Waals surface area contributed by atoms with E-state index in [1.807, 2.05) is 6.20 Å². The van der Waals surface area contributed by atoms with Gasteiger partial charge in [-0.1, -0.05) is 6.92 Å².